The third-order valence-electron chi connectivity index (χ3n) is 5.48. The standard InChI is InChI=1S/C24H18O2/c25-24-23-20(18-13-7-8-14-21(18)26-24)15-19(16-9-3-1-4-10-16)22(23)17-11-5-2-6-12-17/h1-14,19,22H,15H2/t19-,22-/m0/s1. The van der Waals surface area contributed by atoms with Gasteiger partial charge >= 0.3 is 5.63 Å². The largest absolute Gasteiger partial charge is 0.422 e. The molecule has 1 aromatic heterocycles. The van der Waals surface area contributed by atoms with E-state index >= 15 is 0 Å². The van der Waals surface area contributed by atoms with Crippen molar-refractivity contribution < 1.29 is 4.42 Å². The molecule has 2 nitrogen and oxygen atoms in total. The Labute approximate surface area is 151 Å². The SMILES string of the molecule is O=c1oc2ccccc2c2c1[C@@H](c1ccccc1)[C@H](c1ccccc1)C2. The maximum Gasteiger partial charge on any atom is 0.340 e. The summed E-state index contributed by atoms with van der Waals surface area (Å²) in [4.78, 5) is 12.9. The lowest BCUT2D eigenvalue weighted by Crippen LogP contribution is -2.15. The maximum atomic E-state index is 12.9. The summed E-state index contributed by atoms with van der Waals surface area (Å²) in [5.74, 6) is 0.261. The lowest BCUT2D eigenvalue weighted by atomic mass is 9.82. The average Bonchev–Trinajstić information content (AvgIpc) is 3.11. The van der Waals surface area contributed by atoms with Crippen LogP contribution in [0.25, 0.3) is 11.0 Å². The van der Waals surface area contributed by atoms with E-state index in [4.69, 9.17) is 4.42 Å². The van der Waals surface area contributed by atoms with Crippen LogP contribution in [0.4, 0.5) is 0 Å². The van der Waals surface area contributed by atoms with Gasteiger partial charge in [0.05, 0.1) is 0 Å². The monoisotopic (exact) mass is 338 g/mol. The molecule has 0 aliphatic heterocycles. The van der Waals surface area contributed by atoms with Crippen molar-refractivity contribution in [2.75, 3.05) is 0 Å². The molecule has 3 aromatic carbocycles. The van der Waals surface area contributed by atoms with Gasteiger partial charge in [-0.2, -0.15) is 0 Å². The van der Waals surface area contributed by atoms with E-state index in [1.165, 1.54) is 11.1 Å². The number of hydrogen-bond acceptors (Lipinski definition) is 2. The summed E-state index contributed by atoms with van der Waals surface area (Å²) in [7, 11) is 0. The fourth-order valence-corrected chi connectivity index (χ4v) is 4.37. The molecule has 2 heteroatoms. The number of para-hydroxylation sites is 1. The molecule has 0 N–H and O–H groups in total. The minimum Gasteiger partial charge on any atom is -0.422 e. The molecule has 0 amide bonds. The highest BCUT2D eigenvalue weighted by molar-refractivity contribution is 5.82. The van der Waals surface area contributed by atoms with E-state index in [9.17, 15) is 4.79 Å². The predicted octanol–water partition coefficient (Wildman–Crippen LogP) is 5.26. The molecule has 4 aromatic rings. The van der Waals surface area contributed by atoms with Crippen molar-refractivity contribution in [2.24, 2.45) is 0 Å². The summed E-state index contributed by atoms with van der Waals surface area (Å²) in [6, 6.07) is 28.7. The Balaban J connectivity index is 1.80. The van der Waals surface area contributed by atoms with E-state index in [1.807, 2.05) is 42.5 Å². The second-order valence-corrected chi connectivity index (χ2v) is 6.89. The molecule has 26 heavy (non-hydrogen) atoms. The van der Waals surface area contributed by atoms with Gasteiger partial charge in [-0.3, -0.25) is 0 Å². The van der Waals surface area contributed by atoms with Gasteiger partial charge in [-0.1, -0.05) is 78.9 Å². The fourth-order valence-electron chi connectivity index (χ4n) is 4.37. The zero-order valence-electron chi connectivity index (χ0n) is 14.3. The quantitative estimate of drug-likeness (QED) is 0.466. The van der Waals surface area contributed by atoms with Crippen LogP contribution in [0, 0.1) is 0 Å². The first kappa shape index (κ1) is 15.2. The van der Waals surface area contributed by atoms with E-state index in [0.717, 1.165) is 22.9 Å². The van der Waals surface area contributed by atoms with Gasteiger partial charge in [0, 0.05) is 16.9 Å². The van der Waals surface area contributed by atoms with Crippen LogP contribution in [0.3, 0.4) is 0 Å². The second kappa shape index (κ2) is 5.99. The molecule has 5 rings (SSSR count). The van der Waals surface area contributed by atoms with Crippen LogP contribution in [0.1, 0.15) is 34.1 Å². The molecular weight excluding hydrogens is 320 g/mol. The van der Waals surface area contributed by atoms with Gasteiger partial charge in [0.1, 0.15) is 5.58 Å². The van der Waals surface area contributed by atoms with Crippen molar-refractivity contribution in [2.45, 2.75) is 18.3 Å². The highest BCUT2D eigenvalue weighted by atomic mass is 16.4. The highest BCUT2D eigenvalue weighted by Gasteiger charge is 2.38. The van der Waals surface area contributed by atoms with Crippen molar-refractivity contribution in [3.05, 3.63) is 118 Å². The molecule has 1 heterocycles. The predicted molar refractivity (Wildman–Crippen MR) is 104 cm³/mol. The molecule has 0 unspecified atom stereocenters. The van der Waals surface area contributed by atoms with E-state index < -0.39 is 0 Å². The molecule has 2 atom stereocenters. The average molecular weight is 338 g/mol. The number of benzene rings is 3. The summed E-state index contributed by atoms with van der Waals surface area (Å²) < 4.78 is 5.68. The lowest BCUT2D eigenvalue weighted by Gasteiger charge is -2.20. The Kier molecular flexibility index (Phi) is 3.49. The molecule has 1 aliphatic rings. The first-order valence-electron chi connectivity index (χ1n) is 8.97. The van der Waals surface area contributed by atoms with E-state index in [0.29, 0.717) is 5.58 Å². The minimum atomic E-state index is -0.203. The van der Waals surface area contributed by atoms with Gasteiger partial charge in [-0.05, 0) is 35.1 Å². The van der Waals surface area contributed by atoms with Crippen molar-refractivity contribution in [3.63, 3.8) is 0 Å². The normalized spacial score (nSPS) is 18.8. The van der Waals surface area contributed by atoms with Crippen LogP contribution < -0.4 is 5.63 Å². The summed E-state index contributed by atoms with van der Waals surface area (Å²) in [6.45, 7) is 0. The Morgan fingerprint density at radius 3 is 2.08 bits per heavy atom. The molecule has 0 radical (unpaired) electrons. The van der Waals surface area contributed by atoms with Gasteiger partial charge in [-0.25, -0.2) is 4.79 Å². The molecule has 0 saturated heterocycles. The Morgan fingerprint density at radius 2 is 1.35 bits per heavy atom. The zero-order chi connectivity index (χ0) is 17.5. The Hall–Kier alpha value is -3.13. The molecule has 0 saturated carbocycles. The van der Waals surface area contributed by atoms with Crippen LogP contribution in [0.5, 0.6) is 0 Å². The highest BCUT2D eigenvalue weighted by Crippen LogP contribution is 2.48. The van der Waals surface area contributed by atoms with Gasteiger partial charge in [0.2, 0.25) is 0 Å². The van der Waals surface area contributed by atoms with E-state index in [-0.39, 0.29) is 17.5 Å². The Morgan fingerprint density at radius 1 is 0.731 bits per heavy atom. The van der Waals surface area contributed by atoms with Gasteiger partial charge in [0.25, 0.3) is 0 Å². The number of hydrogen-bond donors (Lipinski definition) is 0. The third-order valence-corrected chi connectivity index (χ3v) is 5.48. The van der Waals surface area contributed by atoms with Crippen molar-refractivity contribution in [3.8, 4) is 0 Å². The minimum absolute atomic E-state index is 0.0226. The smallest absolute Gasteiger partial charge is 0.340 e. The van der Waals surface area contributed by atoms with Crippen LogP contribution >= 0.6 is 0 Å². The third kappa shape index (κ3) is 2.30. The lowest BCUT2D eigenvalue weighted by molar-refractivity contribution is 0.542. The summed E-state index contributed by atoms with van der Waals surface area (Å²) in [5.41, 5.74) is 4.87. The van der Waals surface area contributed by atoms with Gasteiger partial charge < -0.3 is 4.42 Å². The van der Waals surface area contributed by atoms with E-state index in [1.54, 1.807) is 0 Å². The van der Waals surface area contributed by atoms with E-state index in [2.05, 4.69) is 42.5 Å². The summed E-state index contributed by atoms with van der Waals surface area (Å²) in [6.07, 6.45) is 0.852. The Bertz CT molecular complexity index is 1130. The summed E-state index contributed by atoms with van der Waals surface area (Å²) in [5, 5.41) is 1.06. The number of fused-ring (bicyclic) bond motifs is 3. The number of rotatable bonds is 2. The molecule has 0 spiro atoms. The first-order chi connectivity index (χ1) is 12.8. The molecular formula is C24H18O2. The van der Waals surface area contributed by atoms with Crippen LogP contribution in [0.15, 0.2) is 94.1 Å². The second-order valence-electron chi connectivity index (χ2n) is 6.89. The topological polar surface area (TPSA) is 30.2 Å². The molecule has 126 valence electrons. The van der Waals surface area contributed by atoms with Gasteiger partial charge in [0.15, 0.2) is 0 Å². The van der Waals surface area contributed by atoms with Crippen molar-refractivity contribution >= 4 is 11.0 Å². The van der Waals surface area contributed by atoms with Crippen molar-refractivity contribution in [1.29, 1.82) is 0 Å². The van der Waals surface area contributed by atoms with Crippen LogP contribution in [-0.2, 0) is 6.42 Å². The molecule has 0 bridgehead atoms. The molecule has 1 aliphatic carbocycles. The zero-order valence-corrected chi connectivity index (χ0v) is 14.3. The molecule has 0 fully saturated rings. The van der Waals surface area contributed by atoms with Crippen LogP contribution in [0.2, 0.25) is 0 Å². The summed E-state index contributed by atoms with van der Waals surface area (Å²) >= 11 is 0. The fraction of sp³-hybridized carbons (Fsp3) is 0.125. The maximum absolute atomic E-state index is 12.9. The van der Waals surface area contributed by atoms with Crippen molar-refractivity contribution in [1.82, 2.24) is 0 Å². The van der Waals surface area contributed by atoms with Crippen LogP contribution in [-0.4, -0.2) is 0 Å². The first-order valence-corrected chi connectivity index (χ1v) is 8.97. The van der Waals surface area contributed by atoms with Gasteiger partial charge in [-0.15, -0.1) is 0 Å².